The van der Waals surface area contributed by atoms with Gasteiger partial charge in [0, 0.05) is 11.5 Å². The number of anilines is 1. The van der Waals surface area contributed by atoms with E-state index in [-0.39, 0.29) is 12.0 Å². The number of nitrogens with zero attached hydrogens (tertiary/aromatic N) is 1. The van der Waals surface area contributed by atoms with Gasteiger partial charge in [-0.2, -0.15) is 0 Å². The van der Waals surface area contributed by atoms with Crippen molar-refractivity contribution in [3.05, 3.63) is 10.6 Å². The van der Waals surface area contributed by atoms with Crippen LogP contribution in [-0.2, 0) is 20.7 Å². The predicted molar refractivity (Wildman–Crippen MR) is 79.2 cm³/mol. The second-order valence-electron chi connectivity index (χ2n) is 4.98. The molecule has 2 heterocycles. The van der Waals surface area contributed by atoms with E-state index < -0.39 is 6.10 Å². The maximum absolute atomic E-state index is 12.0. The molecule has 0 aromatic carbocycles. The van der Waals surface area contributed by atoms with Crippen LogP contribution in [0.1, 0.15) is 37.3 Å². The Morgan fingerprint density at radius 3 is 3.05 bits per heavy atom. The van der Waals surface area contributed by atoms with Crippen molar-refractivity contribution in [2.75, 3.05) is 18.5 Å². The Bertz CT molecular complexity index is 455. The lowest BCUT2D eigenvalue weighted by molar-refractivity contribution is -0.128. The molecule has 0 unspecified atom stereocenters. The summed E-state index contributed by atoms with van der Waals surface area (Å²) in [6.07, 6.45) is 2.61. The molecule has 112 valence electrons. The van der Waals surface area contributed by atoms with Crippen LogP contribution < -0.4 is 5.32 Å². The van der Waals surface area contributed by atoms with Crippen molar-refractivity contribution in [1.29, 1.82) is 0 Å². The molecule has 0 aliphatic carbocycles. The Labute approximate surface area is 123 Å². The van der Waals surface area contributed by atoms with Crippen LogP contribution in [0.5, 0.6) is 0 Å². The molecule has 1 fully saturated rings. The summed E-state index contributed by atoms with van der Waals surface area (Å²) in [6, 6.07) is 0. The van der Waals surface area contributed by atoms with Crippen LogP contribution in [0, 0.1) is 6.92 Å². The van der Waals surface area contributed by atoms with E-state index in [1.807, 2.05) is 6.92 Å². The average Bonchev–Trinajstić information content (AvgIpc) is 3.05. The number of carbonyl (C=O) groups excluding carboxylic acids is 1. The zero-order chi connectivity index (χ0) is 14.5. The molecule has 0 bridgehead atoms. The number of carbonyl (C=O) groups is 1. The highest BCUT2D eigenvalue weighted by molar-refractivity contribution is 7.15. The highest BCUT2D eigenvalue weighted by atomic mass is 32.1. The number of hydrogen-bond donors (Lipinski definition) is 1. The molecular weight excluding hydrogens is 276 g/mol. The third kappa shape index (κ3) is 4.01. The first-order chi connectivity index (χ1) is 9.60. The van der Waals surface area contributed by atoms with Crippen molar-refractivity contribution in [1.82, 2.24) is 4.98 Å². The maximum atomic E-state index is 12.0. The van der Waals surface area contributed by atoms with Gasteiger partial charge < -0.3 is 9.47 Å². The number of ether oxygens (including phenoxy) is 2. The SMILES string of the molecule is CCc1nc(NC(=O)[C@H](C)OC[C@@H]2CCCO2)sc1C. The van der Waals surface area contributed by atoms with Gasteiger partial charge in [0.1, 0.15) is 6.10 Å². The number of aryl methyl sites for hydroxylation is 2. The van der Waals surface area contributed by atoms with Gasteiger partial charge in [0.2, 0.25) is 0 Å². The lowest BCUT2D eigenvalue weighted by Gasteiger charge is -2.15. The van der Waals surface area contributed by atoms with Gasteiger partial charge in [-0.05, 0) is 33.1 Å². The van der Waals surface area contributed by atoms with E-state index in [4.69, 9.17) is 9.47 Å². The van der Waals surface area contributed by atoms with Gasteiger partial charge in [-0.25, -0.2) is 4.98 Å². The quantitative estimate of drug-likeness (QED) is 0.876. The molecule has 1 aromatic rings. The van der Waals surface area contributed by atoms with Crippen LogP contribution in [0.15, 0.2) is 0 Å². The van der Waals surface area contributed by atoms with Crippen molar-refractivity contribution >= 4 is 22.4 Å². The minimum Gasteiger partial charge on any atom is -0.376 e. The van der Waals surface area contributed by atoms with E-state index >= 15 is 0 Å². The first kappa shape index (κ1) is 15.4. The highest BCUT2D eigenvalue weighted by Crippen LogP contribution is 2.22. The van der Waals surface area contributed by atoms with E-state index in [2.05, 4.69) is 17.2 Å². The Morgan fingerprint density at radius 1 is 1.65 bits per heavy atom. The van der Waals surface area contributed by atoms with Crippen molar-refractivity contribution < 1.29 is 14.3 Å². The van der Waals surface area contributed by atoms with Crippen LogP contribution in [0.2, 0.25) is 0 Å². The molecule has 2 rings (SSSR count). The molecule has 5 nitrogen and oxygen atoms in total. The summed E-state index contributed by atoms with van der Waals surface area (Å²) in [4.78, 5) is 17.6. The topological polar surface area (TPSA) is 60.5 Å². The zero-order valence-electron chi connectivity index (χ0n) is 12.3. The van der Waals surface area contributed by atoms with Gasteiger partial charge in [-0.15, -0.1) is 11.3 Å². The molecule has 1 aliphatic heterocycles. The van der Waals surface area contributed by atoms with Crippen LogP contribution in [0.25, 0.3) is 0 Å². The van der Waals surface area contributed by atoms with E-state index in [9.17, 15) is 4.79 Å². The second kappa shape index (κ2) is 7.15. The zero-order valence-corrected chi connectivity index (χ0v) is 13.1. The number of nitrogens with one attached hydrogen (secondary N) is 1. The number of hydrogen-bond acceptors (Lipinski definition) is 5. The highest BCUT2D eigenvalue weighted by Gasteiger charge is 2.20. The number of rotatable bonds is 6. The van der Waals surface area contributed by atoms with Crippen LogP contribution in [0.4, 0.5) is 5.13 Å². The number of amides is 1. The number of thiazole rings is 1. The molecule has 0 saturated carbocycles. The van der Waals surface area contributed by atoms with E-state index in [1.165, 1.54) is 11.3 Å². The maximum Gasteiger partial charge on any atom is 0.254 e. The molecular formula is C14H22N2O3S. The molecule has 1 amide bonds. The Morgan fingerprint density at radius 2 is 2.45 bits per heavy atom. The summed E-state index contributed by atoms with van der Waals surface area (Å²) in [5.74, 6) is -0.153. The lowest BCUT2D eigenvalue weighted by atomic mass is 10.2. The van der Waals surface area contributed by atoms with Crippen LogP contribution >= 0.6 is 11.3 Å². The van der Waals surface area contributed by atoms with E-state index in [0.717, 1.165) is 36.4 Å². The van der Waals surface area contributed by atoms with Crippen molar-refractivity contribution in [2.24, 2.45) is 0 Å². The summed E-state index contributed by atoms with van der Waals surface area (Å²) in [5.41, 5.74) is 1.04. The standard InChI is InChI=1S/C14H22N2O3S/c1-4-12-10(3)20-14(15-12)16-13(17)9(2)19-8-11-6-5-7-18-11/h9,11H,4-8H2,1-3H3,(H,15,16,17)/t9-,11-/m0/s1. The molecule has 1 aromatic heterocycles. The van der Waals surface area contributed by atoms with Gasteiger partial charge in [0.05, 0.1) is 18.4 Å². The molecule has 1 aliphatic rings. The van der Waals surface area contributed by atoms with Crippen molar-refractivity contribution in [2.45, 2.75) is 52.2 Å². The first-order valence-corrected chi connectivity index (χ1v) is 7.92. The summed E-state index contributed by atoms with van der Waals surface area (Å²) in [6.45, 7) is 7.11. The smallest absolute Gasteiger partial charge is 0.254 e. The molecule has 20 heavy (non-hydrogen) atoms. The lowest BCUT2D eigenvalue weighted by Crippen LogP contribution is -2.30. The van der Waals surface area contributed by atoms with E-state index in [0.29, 0.717) is 11.7 Å². The first-order valence-electron chi connectivity index (χ1n) is 7.10. The minimum atomic E-state index is -0.492. The van der Waals surface area contributed by atoms with Crippen LogP contribution in [0.3, 0.4) is 0 Å². The molecule has 0 radical (unpaired) electrons. The minimum absolute atomic E-state index is 0.138. The predicted octanol–water partition coefficient (Wildman–Crippen LogP) is 2.54. The summed E-state index contributed by atoms with van der Waals surface area (Å²) < 4.78 is 11.0. The largest absolute Gasteiger partial charge is 0.376 e. The van der Waals surface area contributed by atoms with E-state index in [1.54, 1.807) is 6.92 Å². The van der Waals surface area contributed by atoms with Crippen molar-refractivity contribution in [3.8, 4) is 0 Å². The van der Waals surface area contributed by atoms with Gasteiger partial charge in [-0.1, -0.05) is 6.92 Å². The number of aromatic nitrogens is 1. The summed E-state index contributed by atoms with van der Waals surface area (Å²) in [5, 5.41) is 3.47. The Kier molecular flexibility index (Phi) is 5.51. The third-order valence-electron chi connectivity index (χ3n) is 3.38. The molecule has 1 N–H and O–H groups in total. The molecule has 2 atom stereocenters. The van der Waals surface area contributed by atoms with Gasteiger partial charge >= 0.3 is 0 Å². The fourth-order valence-electron chi connectivity index (χ4n) is 2.12. The summed E-state index contributed by atoms with van der Waals surface area (Å²) >= 11 is 1.50. The third-order valence-corrected chi connectivity index (χ3v) is 4.31. The Hall–Kier alpha value is -0.980. The van der Waals surface area contributed by atoms with Gasteiger partial charge in [-0.3, -0.25) is 10.1 Å². The van der Waals surface area contributed by atoms with Crippen LogP contribution in [-0.4, -0.2) is 36.3 Å². The van der Waals surface area contributed by atoms with Gasteiger partial charge in [0.15, 0.2) is 5.13 Å². The molecule has 0 spiro atoms. The fraction of sp³-hybridized carbons (Fsp3) is 0.714. The monoisotopic (exact) mass is 298 g/mol. The average molecular weight is 298 g/mol. The Balaban J connectivity index is 1.80. The van der Waals surface area contributed by atoms with Gasteiger partial charge in [0.25, 0.3) is 5.91 Å². The fourth-order valence-corrected chi connectivity index (χ4v) is 3.02. The normalized spacial score (nSPS) is 20.1. The molecule has 6 heteroatoms. The second-order valence-corrected chi connectivity index (χ2v) is 6.18. The molecule has 1 saturated heterocycles. The summed E-state index contributed by atoms with van der Waals surface area (Å²) in [7, 11) is 0. The van der Waals surface area contributed by atoms with Crippen molar-refractivity contribution in [3.63, 3.8) is 0 Å².